The molecule has 24 heavy (non-hydrogen) atoms. The van der Waals surface area contributed by atoms with Crippen molar-refractivity contribution in [3.05, 3.63) is 61.2 Å². The van der Waals surface area contributed by atoms with Crippen LogP contribution in [0, 0.1) is 5.92 Å². The lowest BCUT2D eigenvalue weighted by Gasteiger charge is -2.40. The highest BCUT2D eigenvalue weighted by Crippen LogP contribution is 2.36. The van der Waals surface area contributed by atoms with Crippen molar-refractivity contribution in [3.8, 4) is 0 Å². The van der Waals surface area contributed by atoms with Gasteiger partial charge in [-0.15, -0.1) is 13.2 Å². The molecular formula is C20H25NO3. The van der Waals surface area contributed by atoms with E-state index in [4.69, 9.17) is 0 Å². The molecule has 0 aliphatic carbocycles. The summed E-state index contributed by atoms with van der Waals surface area (Å²) in [6.45, 7) is 8.35. The predicted octanol–water partition coefficient (Wildman–Crippen LogP) is 3.40. The summed E-state index contributed by atoms with van der Waals surface area (Å²) in [7, 11) is 0. The summed E-state index contributed by atoms with van der Waals surface area (Å²) < 4.78 is 0. The zero-order chi connectivity index (χ0) is 17.6. The number of amides is 1. The normalized spacial score (nSPS) is 16.6. The number of aliphatic carboxylic acids is 1. The van der Waals surface area contributed by atoms with E-state index in [1.165, 1.54) is 0 Å². The monoisotopic (exact) mass is 327 g/mol. The van der Waals surface area contributed by atoms with Gasteiger partial charge in [-0.1, -0.05) is 42.5 Å². The first kappa shape index (κ1) is 18.0. The number of likely N-dealkylation sites (tertiary alicyclic amines) is 1. The Morgan fingerprint density at radius 1 is 1.12 bits per heavy atom. The van der Waals surface area contributed by atoms with Gasteiger partial charge in [-0.05, 0) is 31.2 Å². The number of benzene rings is 1. The molecule has 0 aromatic heterocycles. The number of carbonyl (C=O) groups excluding carboxylic acids is 1. The van der Waals surface area contributed by atoms with Crippen LogP contribution in [0.3, 0.4) is 0 Å². The number of hydrogen-bond acceptors (Lipinski definition) is 2. The van der Waals surface area contributed by atoms with Crippen LogP contribution in [-0.2, 0) is 15.0 Å². The van der Waals surface area contributed by atoms with Crippen molar-refractivity contribution in [1.82, 2.24) is 4.90 Å². The largest absolute Gasteiger partial charge is 0.481 e. The first-order valence-electron chi connectivity index (χ1n) is 8.34. The molecular weight excluding hydrogens is 302 g/mol. The van der Waals surface area contributed by atoms with Crippen LogP contribution in [0.2, 0.25) is 0 Å². The average molecular weight is 327 g/mol. The van der Waals surface area contributed by atoms with Gasteiger partial charge in [0.2, 0.25) is 5.91 Å². The van der Waals surface area contributed by atoms with Crippen molar-refractivity contribution in [3.63, 3.8) is 0 Å². The van der Waals surface area contributed by atoms with Crippen LogP contribution in [-0.4, -0.2) is 35.0 Å². The third-order valence-electron chi connectivity index (χ3n) is 4.92. The first-order valence-corrected chi connectivity index (χ1v) is 8.34. The third kappa shape index (κ3) is 3.58. The summed E-state index contributed by atoms with van der Waals surface area (Å²) in [5, 5.41) is 9.81. The van der Waals surface area contributed by atoms with Crippen LogP contribution in [0.15, 0.2) is 55.6 Å². The minimum Gasteiger partial charge on any atom is -0.481 e. The molecule has 1 aliphatic rings. The minimum absolute atomic E-state index is 0.0712. The maximum atomic E-state index is 12.7. The van der Waals surface area contributed by atoms with Crippen molar-refractivity contribution in [1.29, 1.82) is 0 Å². The summed E-state index contributed by atoms with van der Waals surface area (Å²) in [6, 6.07) is 9.34. The summed E-state index contributed by atoms with van der Waals surface area (Å²) in [6.07, 6.45) is 5.61. The van der Waals surface area contributed by atoms with Crippen LogP contribution in [0.4, 0.5) is 0 Å². The molecule has 2 rings (SSSR count). The zero-order valence-electron chi connectivity index (χ0n) is 14.0. The zero-order valence-corrected chi connectivity index (χ0v) is 14.0. The molecule has 1 amide bonds. The molecule has 1 aromatic carbocycles. The number of carbonyl (C=O) groups is 2. The third-order valence-corrected chi connectivity index (χ3v) is 4.92. The lowest BCUT2D eigenvalue weighted by molar-refractivity contribution is -0.149. The molecule has 1 heterocycles. The fourth-order valence-corrected chi connectivity index (χ4v) is 3.45. The van der Waals surface area contributed by atoms with E-state index in [9.17, 15) is 14.7 Å². The van der Waals surface area contributed by atoms with E-state index in [0.717, 1.165) is 5.56 Å². The van der Waals surface area contributed by atoms with Crippen LogP contribution in [0.5, 0.6) is 0 Å². The topological polar surface area (TPSA) is 57.6 Å². The van der Waals surface area contributed by atoms with Gasteiger partial charge in [-0.3, -0.25) is 9.59 Å². The number of carboxylic acid groups (broad SMARTS) is 1. The molecule has 0 atom stereocenters. The van der Waals surface area contributed by atoms with Crippen molar-refractivity contribution in [2.75, 3.05) is 13.1 Å². The second kappa shape index (κ2) is 7.95. The van der Waals surface area contributed by atoms with Gasteiger partial charge in [0, 0.05) is 19.0 Å². The molecule has 1 aliphatic heterocycles. The van der Waals surface area contributed by atoms with E-state index < -0.39 is 11.4 Å². The Morgan fingerprint density at radius 2 is 1.67 bits per heavy atom. The van der Waals surface area contributed by atoms with Crippen LogP contribution >= 0.6 is 0 Å². The van der Waals surface area contributed by atoms with Gasteiger partial charge >= 0.3 is 5.97 Å². The Hall–Kier alpha value is -2.36. The van der Waals surface area contributed by atoms with Gasteiger partial charge in [0.1, 0.15) is 0 Å². The standard InChI is InChI=1S/C20H25NO3/c1-3-8-16(9-4-2)18(22)21-14-12-20(13-15-21,19(23)24)17-10-6-5-7-11-17/h3-7,10-11,16H,1-2,8-9,12-15H2,(H,23,24). The highest BCUT2D eigenvalue weighted by Gasteiger charge is 2.44. The molecule has 4 nitrogen and oxygen atoms in total. The molecule has 4 heteroatoms. The number of carboxylic acids is 1. The van der Waals surface area contributed by atoms with Gasteiger partial charge < -0.3 is 10.0 Å². The van der Waals surface area contributed by atoms with Crippen molar-refractivity contribution >= 4 is 11.9 Å². The Bertz CT molecular complexity index is 591. The van der Waals surface area contributed by atoms with Crippen molar-refractivity contribution in [2.45, 2.75) is 31.1 Å². The minimum atomic E-state index is -0.898. The summed E-state index contributed by atoms with van der Waals surface area (Å²) in [5.74, 6) is -0.884. The molecule has 1 saturated heterocycles. The molecule has 1 aromatic rings. The maximum absolute atomic E-state index is 12.7. The van der Waals surface area contributed by atoms with Gasteiger partial charge in [-0.2, -0.15) is 0 Å². The van der Waals surface area contributed by atoms with Crippen LogP contribution in [0.25, 0.3) is 0 Å². The second-order valence-electron chi connectivity index (χ2n) is 6.32. The van der Waals surface area contributed by atoms with E-state index >= 15 is 0 Å². The molecule has 1 fully saturated rings. The second-order valence-corrected chi connectivity index (χ2v) is 6.32. The summed E-state index contributed by atoms with van der Waals surface area (Å²) >= 11 is 0. The highest BCUT2D eigenvalue weighted by molar-refractivity contribution is 5.83. The van der Waals surface area contributed by atoms with Gasteiger partial charge in [0.25, 0.3) is 0 Å². The van der Waals surface area contributed by atoms with E-state index in [-0.39, 0.29) is 11.8 Å². The average Bonchev–Trinajstić information content (AvgIpc) is 2.61. The van der Waals surface area contributed by atoms with Crippen LogP contribution in [0.1, 0.15) is 31.2 Å². The molecule has 1 N–H and O–H groups in total. The predicted molar refractivity (Wildman–Crippen MR) is 94.7 cm³/mol. The fraction of sp³-hybridized carbons (Fsp3) is 0.400. The first-order chi connectivity index (χ1) is 11.5. The smallest absolute Gasteiger partial charge is 0.314 e. The molecule has 0 bridgehead atoms. The Kier molecular flexibility index (Phi) is 5.96. The van der Waals surface area contributed by atoms with Crippen LogP contribution < -0.4 is 0 Å². The number of rotatable bonds is 7. The summed E-state index contributed by atoms with van der Waals surface area (Å²) in [5.41, 5.74) is -0.0805. The van der Waals surface area contributed by atoms with Gasteiger partial charge in [0.15, 0.2) is 0 Å². The number of allylic oxidation sites excluding steroid dienone is 2. The molecule has 0 saturated carbocycles. The maximum Gasteiger partial charge on any atom is 0.314 e. The molecule has 128 valence electrons. The van der Waals surface area contributed by atoms with E-state index in [1.807, 2.05) is 30.3 Å². The molecule has 0 radical (unpaired) electrons. The van der Waals surface area contributed by atoms with E-state index in [2.05, 4.69) is 13.2 Å². The fourth-order valence-electron chi connectivity index (χ4n) is 3.45. The van der Waals surface area contributed by atoms with E-state index in [1.54, 1.807) is 17.1 Å². The van der Waals surface area contributed by atoms with Crippen molar-refractivity contribution < 1.29 is 14.7 Å². The van der Waals surface area contributed by atoms with Gasteiger partial charge in [0.05, 0.1) is 5.41 Å². The van der Waals surface area contributed by atoms with E-state index in [0.29, 0.717) is 38.8 Å². The lowest BCUT2D eigenvalue weighted by Crippen LogP contribution is -2.50. The highest BCUT2D eigenvalue weighted by atomic mass is 16.4. The Labute approximate surface area is 143 Å². The summed E-state index contributed by atoms with van der Waals surface area (Å²) in [4.78, 5) is 26.4. The number of hydrogen-bond donors (Lipinski definition) is 1. The number of nitrogens with zero attached hydrogens (tertiary/aromatic N) is 1. The molecule has 0 spiro atoms. The Balaban J connectivity index is 2.13. The van der Waals surface area contributed by atoms with Crippen molar-refractivity contribution in [2.24, 2.45) is 5.92 Å². The van der Waals surface area contributed by atoms with Gasteiger partial charge in [-0.25, -0.2) is 0 Å². The SMILES string of the molecule is C=CCC(CC=C)C(=O)N1CCC(C(=O)O)(c2ccccc2)CC1. The number of piperidine rings is 1. The molecule has 0 unspecified atom stereocenters. The lowest BCUT2D eigenvalue weighted by atomic mass is 9.72. The quantitative estimate of drug-likeness (QED) is 0.781. The Morgan fingerprint density at radius 3 is 2.12 bits per heavy atom.